The zero-order valence-electron chi connectivity index (χ0n) is 7.80. The molecule has 0 saturated carbocycles. The number of halogens is 2. The molecule has 0 unspecified atom stereocenters. The van der Waals surface area contributed by atoms with Crippen LogP contribution in [0.1, 0.15) is 13.3 Å². The van der Waals surface area contributed by atoms with E-state index in [0.717, 1.165) is 10.9 Å². The molecule has 0 aromatic carbocycles. The second-order valence-corrected chi connectivity index (χ2v) is 4.24. The summed E-state index contributed by atoms with van der Waals surface area (Å²) in [5.41, 5.74) is 0. The van der Waals surface area contributed by atoms with Crippen molar-refractivity contribution in [3.8, 4) is 0 Å². The van der Waals surface area contributed by atoms with Crippen LogP contribution in [0, 0.1) is 0 Å². The lowest BCUT2D eigenvalue weighted by molar-refractivity contribution is 0.271. The van der Waals surface area contributed by atoms with Crippen LogP contribution >= 0.6 is 27.5 Å². The Balaban J connectivity index is 2.76. The fourth-order valence-electron chi connectivity index (χ4n) is 0.991. The normalized spacial score (nSPS) is 12.6. The van der Waals surface area contributed by atoms with E-state index in [4.69, 9.17) is 16.7 Å². The minimum atomic E-state index is 0.00109. The molecule has 78 valence electrons. The summed E-state index contributed by atoms with van der Waals surface area (Å²) in [6.45, 7) is 2.06. The molecule has 0 amide bonds. The Kier molecular flexibility index (Phi) is 4.65. The molecule has 1 atom stereocenters. The SMILES string of the molecule is CC[C@@H](CO)Nc1ncc(Br)cc1Cl. The Morgan fingerprint density at radius 2 is 2.43 bits per heavy atom. The summed E-state index contributed by atoms with van der Waals surface area (Å²) < 4.78 is 0.838. The monoisotopic (exact) mass is 278 g/mol. The van der Waals surface area contributed by atoms with E-state index in [1.807, 2.05) is 6.92 Å². The van der Waals surface area contributed by atoms with Crippen LogP contribution in [0.15, 0.2) is 16.7 Å². The van der Waals surface area contributed by atoms with Crippen molar-refractivity contribution in [2.24, 2.45) is 0 Å². The van der Waals surface area contributed by atoms with E-state index in [0.29, 0.717) is 10.8 Å². The van der Waals surface area contributed by atoms with Crippen LogP contribution in [-0.4, -0.2) is 22.7 Å². The van der Waals surface area contributed by atoms with Gasteiger partial charge in [-0.25, -0.2) is 4.98 Å². The first kappa shape index (κ1) is 11.8. The molecule has 0 saturated heterocycles. The molecule has 0 spiro atoms. The summed E-state index contributed by atoms with van der Waals surface area (Å²) >= 11 is 9.22. The zero-order chi connectivity index (χ0) is 10.6. The fourth-order valence-corrected chi connectivity index (χ4v) is 1.67. The van der Waals surface area contributed by atoms with Gasteiger partial charge in [-0.2, -0.15) is 0 Å². The maximum Gasteiger partial charge on any atom is 0.145 e. The number of nitrogens with one attached hydrogen (secondary N) is 1. The topological polar surface area (TPSA) is 45.1 Å². The number of nitrogens with zero attached hydrogens (tertiary/aromatic N) is 1. The van der Waals surface area contributed by atoms with E-state index in [-0.39, 0.29) is 12.6 Å². The minimum Gasteiger partial charge on any atom is -0.394 e. The first-order valence-corrected chi connectivity index (χ1v) is 5.53. The number of anilines is 1. The Labute approximate surface area is 96.6 Å². The Bertz CT molecular complexity index is 305. The van der Waals surface area contributed by atoms with E-state index in [2.05, 4.69) is 26.2 Å². The van der Waals surface area contributed by atoms with Crippen molar-refractivity contribution in [2.45, 2.75) is 19.4 Å². The number of hydrogen-bond donors (Lipinski definition) is 2. The summed E-state index contributed by atoms with van der Waals surface area (Å²) in [6, 6.07) is 1.77. The number of aliphatic hydroxyl groups is 1. The van der Waals surface area contributed by atoms with E-state index in [1.54, 1.807) is 12.3 Å². The van der Waals surface area contributed by atoms with Crippen molar-refractivity contribution in [3.05, 3.63) is 21.8 Å². The molecule has 5 heteroatoms. The largest absolute Gasteiger partial charge is 0.394 e. The van der Waals surface area contributed by atoms with Crippen molar-refractivity contribution in [1.29, 1.82) is 0 Å². The van der Waals surface area contributed by atoms with Gasteiger partial charge in [0.05, 0.1) is 17.7 Å². The maximum atomic E-state index is 8.99. The van der Waals surface area contributed by atoms with Gasteiger partial charge in [-0.1, -0.05) is 18.5 Å². The summed E-state index contributed by atoms with van der Waals surface area (Å²) in [6.07, 6.45) is 2.49. The summed E-state index contributed by atoms with van der Waals surface area (Å²) in [5.74, 6) is 0.607. The lowest BCUT2D eigenvalue weighted by atomic mass is 10.2. The first-order chi connectivity index (χ1) is 6.67. The molecule has 1 aromatic heterocycles. The average Bonchev–Trinajstić information content (AvgIpc) is 2.17. The van der Waals surface area contributed by atoms with Gasteiger partial charge in [-0.3, -0.25) is 0 Å². The van der Waals surface area contributed by atoms with Gasteiger partial charge in [0.2, 0.25) is 0 Å². The van der Waals surface area contributed by atoms with Gasteiger partial charge in [0, 0.05) is 10.7 Å². The molecule has 2 N–H and O–H groups in total. The van der Waals surface area contributed by atoms with Crippen LogP contribution in [0.5, 0.6) is 0 Å². The summed E-state index contributed by atoms with van der Waals surface area (Å²) in [4.78, 5) is 4.11. The van der Waals surface area contributed by atoms with Crippen molar-refractivity contribution in [3.63, 3.8) is 0 Å². The Morgan fingerprint density at radius 3 is 2.93 bits per heavy atom. The molecule has 1 aromatic rings. The highest BCUT2D eigenvalue weighted by molar-refractivity contribution is 9.10. The van der Waals surface area contributed by atoms with E-state index in [9.17, 15) is 0 Å². The quantitative estimate of drug-likeness (QED) is 0.891. The van der Waals surface area contributed by atoms with Crippen LogP contribution in [0.25, 0.3) is 0 Å². The number of aliphatic hydroxyl groups excluding tert-OH is 1. The molecule has 14 heavy (non-hydrogen) atoms. The molecule has 1 rings (SSSR count). The third-order valence-electron chi connectivity index (χ3n) is 1.86. The van der Waals surface area contributed by atoms with Crippen LogP contribution in [-0.2, 0) is 0 Å². The Hall–Kier alpha value is -0.320. The summed E-state index contributed by atoms with van der Waals surface area (Å²) in [7, 11) is 0. The van der Waals surface area contributed by atoms with Crippen LogP contribution in [0.3, 0.4) is 0 Å². The second kappa shape index (κ2) is 5.53. The van der Waals surface area contributed by atoms with Gasteiger partial charge >= 0.3 is 0 Å². The predicted molar refractivity (Wildman–Crippen MR) is 61.7 cm³/mol. The van der Waals surface area contributed by atoms with Crippen molar-refractivity contribution in [2.75, 3.05) is 11.9 Å². The molecule has 0 aliphatic rings. The van der Waals surface area contributed by atoms with E-state index >= 15 is 0 Å². The third-order valence-corrected chi connectivity index (χ3v) is 2.58. The van der Waals surface area contributed by atoms with E-state index in [1.165, 1.54) is 0 Å². The molecule has 0 aliphatic carbocycles. The van der Waals surface area contributed by atoms with Crippen molar-refractivity contribution in [1.82, 2.24) is 4.98 Å². The number of aromatic nitrogens is 1. The highest BCUT2D eigenvalue weighted by Crippen LogP contribution is 2.23. The van der Waals surface area contributed by atoms with Gasteiger partial charge < -0.3 is 10.4 Å². The smallest absolute Gasteiger partial charge is 0.145 e. The van der Waals surface area contributed by atoms with Crippen LogP contribution in [0.4, 0.5) is 5.82 Å². The maximum absolute atomic E-state index is 8.99. The molecule has 0 aliphatic heterocycles. The van der Waals surface area contributed by atoms with Crippen molar-refractivity contribution < 1.29 is 5.11 Å². The average molecular weight is 280 g/mol. The first-order valence-electron chi connectivity index (χ1n) is 4.35. The van der Waals surface area contributed by atoms with Gasteiger partial charge in [0.15, 0.2) is 0 Å². The lowest BCUT2D eigenvalue weighted by Gasteiger charge is -2.15. The molecule has 1 heterocycles. The standard InChI is InChI=1S/C9H12BrClN2O/c1-2-7(5-14)13-9-8(11)3-6(10)4-12-9/h3-4,7,14H,2,5H2,1H3,(H,12,13)/t7-/m0/s1. The molecule has 3 nitrogen and oxygen atoms in total. The van der Waals surface area contributed by atoms with E-state index < -0.39 is 0 Å². The third kappa shape index (κ3) is 3.12. The minimum absolute atomic E-state index is 0.00109. The summed E-state index contributed by atoms with van der Waals surface area (Å²) in [5, 5.41) is 12.6. The lowest BCUT2D eigenvalue weighted by Crippen LogP contribution is -2.23. The highest BCUT2D eigenvalue weighted by atomic mass is 79.9. The molecule has 0 radical (unpaired) electrons. The van der Waals surface area contributed by atoms with Crippen LogP contribution in [0.2, 0.25) is 5.02 Å². The second-order valence-electron chi connectivity index (χ2n) is 2.92. The fraction of sp³-hybridized carbons (Fsp3) is 0.444. The molecular formula is C9H12BrClN2O. The van der Waals surface area contributed by atoms with Gasteiger partial charge in [-0.05, 0) is 28.4 Å². The predicted octanol–water partition coefficient (Wildman–Crippen LogP) is 2.68. The van der Waals surface area contributed by atoms with Gasteiger partial charge in [0.25, 0.3) is 0 Å². The van der Waals surface area contributed by atoms with Crippen LogP contribution < -0.4 is 5.32 Å². The molecule has 0 fully saturated rings. The number of pyridine rings is 1. The van der Waals surface area contributed by atoms with Gasteiger partial charge in [-0.15, -0.1) is 0 Å². The molecule has 0 bridgehead atoms. The number of rotatable bonds is 4. The number of hydrogen-bond acceptors (Lipinski definition) is 3. The van der Waals surface area contributed by atoms with Crippen molar-refractivity contribution >= 4 is 33.3 Å². The zero-order valence-corrected chi connectivity index (χ0v) is 10.1. The highest BCUT2D eigenvalue weighted by Gasteiger charge is 2.08. The van der Waals surface area contributed by atoms with Gasteiger partial charge in [0.1, 0.15) is 5.82 Å². The Morgan fingerprint density at radius 1 is 1.71 bits per heavy atom. The molecular weight excluding hydrogens is 267 g/mol.